The second kappa shape index (κ2) is 14.8. The minimum absolute atomic E-state index is 0.00292. The third-order valence-electron chi connectivity index (χ3n) is 9.40. The zero-order valence-corrected chi connectivity index (χ0v) is 28.0. The van der Waals surface area contributed by atoms with Crippen molar-refractivity contribution in [2.75, 3.05) is 13.1 Å². The molecule has 2 heterocycles. The Morgan fingerprint density at radius 1 is 0.784 bits per heavy atom. The average molecular weight is 726 g/mol. The van der Waals surface area contributed by atoms with Gasteiger partial charge in [-0.25, -0.2) is 4.98 Å². The average Bonchev–Trinajstić information content (AvgIpc) is 3.84. The van der Waals surface area contributed by atoms with E-state index in [4.69, 9.17) is 0 Å². The summed E-state index contributed by atoms with van der Waals surface area (Å²) >= 11 is 1.33. The number of amides is 2. The zero-order valence-electron chi connectivity index (χ0n) is 27.2. The molecule has 266 valence electrons. The number of likely N-dealkylation sites (tertiary alicyclic amines) is 1. The molecule has 1 N–H and O–H groups in total. The monoisotopic (exact) mass is 725 g/mol. The molecule has 0 atom stereocenters. The summed E-state index contributed by atoms with van der Waals surface area (Å²) in [4.78, 5) is 46.3. The molecule has 1 aliphatic carbocycles. The first kappa shape index (κ1) is 36.0. The van der Waals surface area contributed by atoms with Gasteiger partial charge in [0.05, 0.1) is 16.1 Å². The van der Waals surface area contributed by atoms with Crippen molar-refractivity contribution in [1.29, 1.82) is 0 Å². The van der Waals surface area contributed by atoms with Crippen molar-refractivity contribution in [1.82, 2.24) is 15.2 Å². The van der Waals surface area contributed by atoms with E-state index in [9.17, 15) is 40.7 Å². The molecular formula is C38H33F6N3O3S. The van der Waals surface area contributed by atoms with Gasteiger partial charge in [-0.3, -0.25) is 14.4 Å². The summed E-state index contributed by atoms with van der Waals surface area (Å²) in [5, 5.41) is 5.24. The first-order valence-corrected chi connectivity index (χ1v) is 17.4. The Morgan fingerprint density at radius 3 is 1.98 bits per heavy atom. The summed E-state index contributed by atoms with van der Waals surface area (Å²) in [6, 6.07) is 15.5. The van der Waals surface area contributed by atoms with Crippen LogP contribution < -0.4 is 5.32 Å². The summed E-state index contributed by atoms with van der Waals surface area (Å²) < 4.78 is 78.2. The van der Waals surface area contributed by atoms with E-state index >= 15 is 0 Å². The van der Waals surface area contributed by atoms with E-state index in [1.54, 1.807) is 34.5 Å². The van der Waals surface area contributed by atoms with E-state index in [0.29, 0.717) is 48.3 Å². The molecular weight excluding hydrogens is 692 g/mol. The van der Waals surface area contributed by atoms with Crippen molar-refractivity contribution in [3.05, 3.63) is 123 Å². The lowest BCUT2D eigenvalue weighted by Gasteiger charge is -2.31. The maximum absolute atomic E-state index is 13.6. The summed E-state index contributed by atoms with van der Waals surface area (Å²) in [5.74, 6) is -1.29. The van der Waals surface area contributed by atoms with E-state index in [2.05, 4.69) is 10.3 Å². The molecule has 1 saturated heterocycles. The molecule has 3 aromatic carbocycles. The Kier molecular flexibility index (Phi) is 10.5. The Hall–Kier alpha value is -4.78. The number of allylic oxidation sites excluding steroid dienone is 2. The molecule has 51 heavy (non-hydrogen) atoms. The van der Waals surface area contributed by atoms with Crippen molar-refractivity contribution in [2.24, 2.45) is 5.92 Å². The number of thiazole rings is 1. The lowest BCUT2D eigenvalue weighted by atomic mass is 9.94. The molecule has 0 radical (unpaired) electrons. The predicted molar refractivity (Wildman–Crippen MR) is 180 cm³/mol. The van der Waals surface area contributed by atoms with Crippen molar-refractivity contribution >= 4 is 28.9 Å². The van der Waals surface area contributed by atoms with Crippen molar-refractivity contribution in [3.8, 4) is 11.1 Å². The van der Waals surface area contributed by atoms with Crippen LogP contribution in [-0.2, 0) is 12.4 Å². The fourth-order valence-corrected chi connectivity index (χ4v) is 7.55. The molecule has 1 saturated carbocycles. The fraction of sp³-hybridized carbons (Fsp3) is 0.316. The number of nitrogens with one attached hydrogen (secondary N) is 1. The summed E-state index contributed by atoms with van der Waals surface area (Å²) in [6.45, 7) is 0.846. The second-order valence-corrected chi connectivity index (χ2v) is 13.6. The maximum atomic E-state index is 13.6. The van der Waals surface area contributed by atoms with Crippen LogP contribution in [0.1, 0.15) is 91.8 Å². The van der Waals surface area contributed by atoms with Crippen molar-refractivity contribution < 1.29 is 40.7 Å². The van der Waals surface area contributed by atoms with Gasteiger partial charge in [-0.2, -0.15) is 26.3 Å². The molecule has 0 spiro atoms. The van der Waals surface area contributed by atoms with Gasteiger partial charge in [0.1, 0.15) is 5.69 Å². The number of nitrogens with zero attached hydrogens (tertiary/aromatic N) is 2. The Bertz CT molecular complexity index is 1920. The number of halogens is 6. The lowest BCUT2D eigenvalue weighted by Crippen LogP contribution is -2.38. The highest BCUT2D eigenvalue weighted by atomic mass is 32.1. The fourth-order valence-electron chi connectivity index (χ4n) is 6.58. The SMILES string of the molecule is O=C(/C=C(/NC(=O)c1csc(C2CCN(C(=O)c3ccccc3-c3ccc(C(F)(F)F)cc3)CC2)n1)C1CCCC1)c1ccc(C(F)(F)F)cc1. The number of ketones is 1. The number of aromatic nitrogens is 1. The number of carbonyl (C=O) groups is 3. The third kappa shape index (κ3) is 8.41. The second-order valence-electron chi connectivity index (χ2n) is 12.7. The van der Waals surface area contributed by atoms with Crippen LogP contribution >= 0.6 is 11.3 Å². The van der Waals surface area contributed by atoms with Gasteiger partial charge in [0.25, 0.3) is 11.8 Å². The van der Waals surface area contributed by atoms with Gasteiger partial charge in [0.15, 0.2) is 5.78 Å². The van der Waals surface area contributed by atoms with Crippen LogP contribution in [0, 0.1) is 5.92 Å². The largest absolute Gasteiger partial charge is 0.416 e. The normalized spacial score (nSPS) is 16.4. The zero-order chi connectivity index (χ0) is 36.3. The number of hydrogen-bond acceptors (Lipinski definition) is 5. The number of alkyl halides is 6. The highest BCUT2D eigenvalue weighted by Crippen LogP contribution is 2.35. The molecule has 6 rings (SSSR count). The number of benzene rings is 3. The summed E-state index contributed by atoms with van der Waals surface area (Å²) in [7, 11) is 0. The van der Waals surface area contributed by atoms with E-state index in [1.807, 2.05) is 0 Å². The Labute approximate surface area is 294 Å². The molecule has 1 aromatic heterocycles. The highest BCUT2D eigenvalue weighted by Gasteiger charge is 2.32. The van der Waals surface area contributed by atoms with Crippen LogP contribution in [0.15, 0.2) is 89.9 Å². The van der Waals surface area contributed by atoms with Crippen molar-refractivity contribution in [2.45, 2.75) is 56.8 Å². The minimum Gasteiger partial charge on any atom is -0.339 e. The first-order chi connectivity index (χ1) is 24.3. The van der Waals surface area contributed by atoms with Crippen LogP contribution in [0.25, 0.3) is 11.1 Å². The van der Waals surface area contributed by atoms with Crippen LogP contribution in [0.3, 0.4) is 0 Å². The minimum atomic E-state index is -4.52. The topological polar surface area (TPSA) is 79.4 Å². The van der Waals surface area contributed by atoms with E-state index in [1.165, 1.54) is 29.5 Å². The predicted octanol–water partition coefficient (Wildman–Crippen LogP) is 9.55. The highest BCUT2D eigenvalue weighted by molar-refractivity contribution is 7.09. The number of carbonyl (C=O) groups excluding carboxylic acids is 3. The number of hydrogen-bond donors (Lipinski definition) is 1. The van der Waals surface area contributed by atoms with E-state index in [0.717, 1.165) is 67.1 Å². The molecule has 2 fully saturated rings. The van der Waals surface area contributed by atoms with Gasteiger partial charge in [-0.15, -0.1) is 11.3 Å². The van der Waals surface area contributed by atoms with Crippen LogP contribution in [0.2, 0.25) is 0 Å². The molecule has 1 aliphatic heterocycles. The molecule has 13 heteroatoms. The summed E-state index contributed by atoms with van der Waals surface area (Å²) in [6.07, 6.45) is -3.11. The van der Waals surface area contributed by atoms with Gasteiger partial charge < -0.3 is 10.2 Å². The van der Waals surface area contributed by atoms with Gasteiger partial charge in [-0.05, 0) is 73.1 Å². The smallest absolute Gasteiger partial charge is 0.339 e. The summed E-state index contributed by atoms with van der Waals surface area (Å²) in [5.41, 5.74) is 0.503. The molecule has 0 unspecified atom stereocenters. The first-order valence-electron chi connectivity index (χ1n) is 16.5. The van der Waals surface area contributed by atoms with Gasteiger partial charge in [0, 0.05) is 47.3 Å². The van der Waals surface area contributed by atoms with E-state index in [-0.39, 0.29) is 29.0 Å². The third-order valence-corrected chi connectivity index (χ3v) is 10.4. The van der Waals surface area contributed by atoms with Gasteiger partial charge in [-0.1, -0.05) is 55.3 Å². The number of rotatable bonds is 8. The van der Waals surface area contributed by atoms with Gasteiger partial charge >= 0.3 is 12.4 Å². The molecule has 0 bridgehead atoms. The van der Waals surface area contributed by atoms with Gasteiger partial charge in [0.2, 0.25) is 0 Å². The van der Waals surface area contributed by atoms with Crippen LogP contribution in [-0.4, -0.2) is 40.6 Å². The standard InChI is InChI=1S/C38H33F6N3O3S/c39-37(40,41)27-13-9-23(10-14-27)29-7-3-4-8-30(29)36(50)47-19-17-26(18-20-47)35-46-32(22-51-35)34(49)45-31(24-5-1-2-6-24)21-33(48)25-11-15-28(16-12-25)38(42,43)44/h3-4,7-16,21-22,24,26H,1-2,5-6,17-20H2,(H,45,49)/b31-21+. The molecule has 2 amide bonds. The molecule has 6 nitrogen and oxygen atoms in total. The molecule has 4 aromatic rings. The molecule has 2 aliphatic rings. The Morgan fingerprint density at radius 2 is 1.37 bits per heavy atom. The Balaban J connectivity index is 1.10. The van der Waals surface area contributed by atoms with Crippen LogP contribution in [0.4, 0.5) is 26.3 Å². The quantitative estimate of drug-likeness (QED) is 0.112. The van der Waals surface area contributed by atoms with Crippen LogP contribution in [0.5, 0.6) is 0 Å². The van der Waals surface area contributed by atoms with E-state index < -0.39 is 35.2 Å². The number of piperidine rings is 1. The lowest BCUT2D eigenvalue weighted by molar-refractivity contribution is -0.138. The van der Waals surface area contributed by atoms with Crippen molar-refractivity contribution in [3.63, 3.8) is 0 Å². The maximum Gasteiger partial charge on any atom is 0.416 e.